The van der Waals surface area contributed by atoms with Gasteiger partial charge in [-0.2, -0.15) is 0 Å². The summed E-state index contributed by atoms with van der Waals surface area (Å²) in [5.41, 5.74) is 2.16. The highest BCUT2D eigenvalue weighted by Gasteiger charge is 2.30. The van der Waals surface area contributed by atoms with E-state index in [1.165, 1.54) is 15.4 Å². The van der Waals surface area contributed by atoms with Crippen molar-refractivity contribution in [3.05, 3.63) is 59.1 Å². The lowest BCUT2D eigenvalue weighted by atomic mass is 10.1. The fourth-order valence-corrected chi connectivity index (χ4v) is 3.84. The predicted octanol–water partition coefficient (Wildman–Crippen LogP) is 1.09. The van der Waals surface area contributed by atoms with Gasteiger partial charge in [-0.1, -0.05) is 30.7 Å². The molecule has 3 N–H and O–H groups in total. The minimum absolute atomic E-state index is 0.0484. The van der Waals surface area contributed by atoms with Gasteiger partial charge in [-0.05, 0) is 55.3 Å². The van der Waals surface area contributed by atoms with Gasteiger partial charge in [-0.25, -0.2) is 0 Å². The number of ether oxygens (including phenoxy) is 1. The number of carbonyl (C=O) groups is 1. The van der Waals surface area contributed by atoms with Crippen molar-refractivity contribution in [2.24, 2.45) is 0 Å². The Labute approximate surface area is 178 Å². The first-order valence-corrected chi connectivity index (χ1v) is 10.9. The number of rotatable bonds is 8. The smallest absolute Gasteiger partial charge is 0.282 e. The lowest BCUT2D eigenvalue weighted by molar-refractivity contribution is -1.02. The van der Waals surface area contributed by atoms with Gasteiger partial charge in [0.15, 0.2) is 6.04 Å². The molecule has 0 saturated carbocycles. The lowest BCUT2D eigenvalue weighted by Gasteiger charge is -2.32. The number of benzene rings is 2. The highest BCUT2D eigenvalue weighted by atomic mass is 35.5. The highest BCUT2D eigenvalue weighted by molar-refractivity contribution is 6.30. The van der Waals surface area contributed by atoms with Gasteiger partial charge < -0.3 is 19.9 Å². The number of piperazine rings is 1. The molecule has 2 aromatic rings. The van der Waals surface area contributed by atoms with Crippen molar-refractivity contribution in [1.29, 1.82) is 0 Å². The van der Waals surface area contributed by atoms with Gasteiger partial charge in [0, 0.05) is 10.7 Å². The zero-order chi connectivity index (χ0) is 20.6. The van der Waals surface area contributed by atoms with E-state index in [9.17, 15) is 4.79 Å². The van der Waals surface area contributed by atoms with Gasteiger partial charge in [0.25, 0.3) is 5.91 Å². The molecule has 0 spiro atoms. The van der Waals surface area contributed by atoms with Crippen molar-refractivity contribution in [2.75, 3.05) is 44.6 Å². The van der Waals surface area contributed by atoms with E-state index in [1.54, 1.807) is 0 Å². The van der Waals surface area contributed by atoms with Crippen LogP contribution in [0.15, 0.2) is 48.5 Å². The molecule has 0 aromatic heterocycles. The molecule has 156 valence electrons. The highest BCUT2D eigenvalue weighted by Crippen LogP contribution is 2.15. The number of amides is 1. The fourth-order valence-electron chi connectivity index (χ4n) is 3.71. The second kappa shape index (κ2) is 10.6. The van der Waals surface area contributed by atoms with Crippen molar-refractivity contribution < 1.29 is 19.3 Å². The van der Waals surface area contributed by atoms with E-state index < -0.39 is 0 Å². The van der Waals surface area contributed by atoms with Crippen LogP contribution in [-0.4, -0.2) is 51.3 Å². The normalized spacial score (nSPS) is 20.1. The molecule has 2 aromatic carbocycles. The van der Waals surface area contributed by atoms with Crippen LogP contribution in [0.2, 0.25) is 5.02 Å². The summed E-state index contributed by atoms with van der Waals surface area (Å²) in [7, 11) is 0. The molecule has 1 aliphatic rings. The maximum atomic E-state index is 12.6. The lowest BCUT2D eigenvalue weighted by Crippen LogP contribution is -3.30. The van der Waals surface area contributed by atoms with E-state index in [-0.39, 0.29) is 11.9 Å². The second-order valence-corrected chi connectivity index (χ2v) is 8.16. The van der Waals surface area contributed by atoms with Crippen LogP contribution in [0.1, 0.15) is 19.4 Å². The van der Waals surface area contributed by atoms with Crippen molar-refractivity contribution in [3.63, 3.8) is 0 Å². The Bertz CT molecular complexity index is 772. The molecule has 1 atom stereocenters. The minimum Gasteiger partial charge on any atom is -0.488 e. The van der Waals surface area contributed by atoms with Crippen molar-refractivity contribution in [1.82, 2.24) is 0 Å². The van der Waals surface area contributed by atoms with E-state index in [1.807, 2.05) is 43.3 Å². The quantitative estimate of drug-likeness (QED) is 0.602. The number of aryl methyl sites for hydroxylation is 1. The average molecular weight is 418 g/mol. The van der Waals surface area contributed by atoms with Gasteiger partial charge in [0.1, 0.15) is 45.1 Å². The van der Waals surface area contributed by atoms with Gasteiger partial charge in [0.2, 0.25) is 0 Å². The summed E-state index contributed by atoms with van der Waals surface area (Å²) in [5, 5.41) is 3.78. The Morgan fingerprint density at radius 3 is 2.34 bits per heavy atom. The molecule has 6 heteroatoms. The van der Waals surface area contributed by atoms with E-state index in [4.69, 9.17) is 16.3 Å². The molecule has 0 unspecified atom stereocenters. The molecule has 3 rings (SSSR count). The average Bonchev–Trinajstić information content (AvgIpc) is 2.75. The number of carbonyl (C=O) groups excluding carboxylic acids is 1. The number of nitrogens with one attached hydrogen (secondary N) is 3. The molecular weight excluding hydrogens is 386 g/mol. The van der Waals surface area contributed by atoms with Crippen LogP contribution in [0, 0.1) is 0 Å². The Morgan fingerprint density at radius 1 is 1.07 bits per heavy atom. The van der Waals surface area contributed by atoms with Crippen LogP contribution in [0.5, 0.6) is 5.75 Å². The van der Waals surface area contributed by atoms with Crippen molar-refractivity contribution in [2.45, 2.75) is 26.3 Å². The topological polar surface area (TPSA) is 47.2 Å². The zero-order valence-corrected chi connectivity index (χ0v) is 18.1. The molecule has 1 saturated heterocycles. The van der Waals surface area contributed by atoms with Crippen LogP contribution in [-0.2, 0) is 11.2 Å². The fraction of sp³-hybridized carbons (Fsp3) is 0.435. The van der Waals surface area contributed by atoms with Crippen LogP contribution in [0.3, 0.4) is 0 Å². The third-order valence-electron chi connectivity index (χ3n) is 5.77. The number of hydrogen-bond donors (Lipinski definition) is 3. The molecule has 0 bridgehead atoms. The molecule has 1 fully saturated rings. The SMILES string of the molecule is CCc1ccc(NC(=O)[C@@H](C)[NH+]2CC[NH+](CCOc3ccc(Cl)cc3)CC2)cc1. The molecule has 1 aliphatic heterocycles. The van der Waals surface area contributed by atoms with Crippen molar-refractivity contribution >= 4 is 23.2 Å². The molecule has 1 amide bonds. The summed E-state index contributed by atoms with van der Waals surface area (Å²) in [6, 6.07) is 15.6. The molecule has 0 radical (unpaired) electrons. The molecule has 0 aliphatic carbocycles. The molecule has 1 heterocycles. The van der Waals surface area contributed by atoms with E-state index >= 15 is 0 Å². The van der Waals surface area contributed by atoms with E-state index in [0.717, 1.165) is 55.6 Å². The summed E-state index contributed by atoms with van der Waals surface area (Å²) in [5.74, 6) is 0.953. The number of quaternary nitrogens is 2. The van der Waals surface area contributed by atoms with E-state index in [0.29, 0.717) is 6.61 Å². The third-order valence-corrected chi connectivity index (χ3v) is 6.02. The molecular formula is C23H32ClN3O2+2. The van der Waals surface area contributed by atoms with Crippen LogP contribution >= 0.6 is 11.6 Å². The predicted molar refractivity (Wildman–Crippen MR) is 117 cm³/mol. The van der Waals surface area contributed by atoms with Gasteiger partial charge in [0.05, 0.1) is 0 Å². The first-order valence-electron chi connectivity index (χ1n) is 10.5. The Balaban J connectivity index is 1.38. The summed E-state index contributed by atoms with van der Waals surface area (Å²) in [6.45, 7) is 9.93. The monoisotopic (exact) mass is 417 g/mol. The Kier molecular flexibility index (Phi) is 7.92. The summed E-state index contributed by atoms with van der Waals surface area (Å²) >= 11 is 5.90. The maximum Gasteiger partial charge on any atom is 0.282 e. The summed E-state index contributed by atoms with van der Waals surface area (Å²) < 4.78 is 5.81. The first-order chi connectivity index (χ1) is 14.0. The van der Waals surface area contributed by atoms with Gasteiger partial charge in [-0.3, -0.25) is 4.79 Å². The molecule has 5 nitrogen and oxygen atoms in total. The van der Waals surface area contributed by atoms with Gasteiger partial charge in [-0.15, -0.1) is 0 Å². The molecule has 29 heavy (non-hydrogen) atoms. The number of halogens is 1. The summed E-state index contributed by atoms with van der Waals surface area (Å²) in [4.78, 5) is 15.5. The minimum atomic E-state index is -0.0484. The van der Waals surface area contributed by atoms with Crippen LogP contribution < -0.4 is 19.9 Å². The second-order valence-electron chi connectivity index (χ2n) is 7.72. The van der Waals surface area contributed by atoms with E-state index in [2.05, 4.69) is 24.4 Å². The third kappa shape index (κ3) is 6.46. The zero-order valence-electron chi connectivity index (χ0n) is 17.3. The number of anilines is 1. The van der Waals surface area contributed by atoms with Crippen molar-refractivity contribution in [3.8, 4) is 5.75 Å². The first kappa shape index (κ1) is 21.6. The van der Waals surface area contributed by atoms with Crippen LogP contribution in [0.4, 0.5) is 5.69 Å². The Hall–Kier alpha value is -2.08. The standard InChI is InChI=1S/C23H30ClN3O2/c1-3-19-4-8-21(9-5-19)25-23(28)18(2)27-14-12-26(13-15-27)16-17-29-22-10-6-20(24)7-11-22/h4-11,18H,3,12-17H2,1-2H3,(H,25,28)/p+2/t18-/m1/s1. The summed E-state index contributed by atoms with van der Waals surface area (Å²) in [6.07, 6.45) is 1.01. The maximum absolute atomic E-state index is 12.6. The number of hydrogen-bond acceptors (Lipinski definition) is 2. The Morgan fingerprint density at radius 2 is 1.72 bits per heavy atom. The largest absolute Gasteiger partial charge is 0.488 e. The van der Waals surface area contributed by atoms with Gasteiger partial charge >= 0.3 is 0 Å². The van der Waals surface area contributed by atoms with Crippen LogP contribution in [0.25, 0.3) is 0 Å².